The average molecular weight is 202 g/mol. The van der Waals surface area contributed by atoms with Crippen molar-refractivity contribution in [2.75, 3.05) is 6.61 Å². The molecule has 1 aromatic rings. The van der Waals surface area contributed by atoms with Gasteiger partial charge in [0.25, 0.3) is 0 Å². The first kappa shape index (κ1) is 8.69. The fourth-order valence-electron chi connectivity index (χ4n) is 2.11. The number of pyridine rings is 1. The number of ether oxygens (including phenoxy) is 2. The van der Waals surface area contributed by atoms with E-state index < -0.39 is 0 Å². The van der Waals surface area contributed by atoms with Gasteiger partial charge in [0.05, 0.1) is 12.3 Å². The Balaban J connectivity index is 1.97. The van der Waals surface area contributed by atoms with Crippen molar-refractivity contribution in [1.82, 2.24) is 4.98 Å². The first-order valence-corrected chi connectivity index (χ1v) is 5.05. The Morgan fingerprint density at radius 1 is 1.47 bits per heavy atom. The lowest BCUT2D eigenvalue weighted by Gasteiger charge is -2.26. The summed E-state index contributed by atoms with van der Waals surface area (Å²) in [6.45, 7) is 0.758. The summed E-state index contributed by atoms with van der Waals surface area (Å²) in [5.74, 6) is 1.16. The Hall–Kier alpha value is -1.60. The van der Waals surface area contributed by atoms with Gasteiger partial charge < -0.3 is 9.47 Å². The van der Waals surface area contributed by atoms with Crippen LogP contribution in [0, 0.1) is 17.2 Å². The van der Waals surface area contributed by atoms with Gasteiger partial charge in [0.1, 0.15) is 17.5 Å². The van der Waals surface area contributed by atoms with Crippen LogP contribution < -0.4 is 4.74 Å². The molecule has 1 fully saturated rings. The van der Waals surface area contributed by atoms with E-state index in [0.717, 1.165) is 30.9 Å². The van der Waals surface area contributed by atoms with Crippen LogP contribution >= 0.6 is 0 Å². The summed E-state index contributed by atoms with van der Waals surface area (Å²) in [6.07, 6.45) is 1.77. The second-order valence-corrected chi connectivity index (χ2v) is 3.86. The van der Waals surface area contributed by atoms with E-state index in [1.165, 1.54) is 0 Å². The van der Waals surface area contributed by atoms with E-state index in [1.54, 1.807) is 12.1 Å². The van der Waals surface area contributed by atoms with E-state index in [0.29, 0.717) is 11.6 Å². The monoisotopic (exact) mass is 202 g/mol. The quantitative estimate of drug-likeness (QED) is 0.635. The first-order chi connectivity index (χ1) is 7.36. The maximum atomic E-state index is 8.75. The molecule has 2 atom stereocenters. The van der Waals surface area contributed by atoms with Crippen molar-refractivity contribution >= 4 is 0 Å². The third-order valence-corrected chi connectivity index (χ3v) is 2.90. The Morgan fingerprint density at radius 3 is 3.27 bits per heavy atom. The van der Waals surface area contributed by atoms with E-state index in [-0.39, 0.29) is 6.29 Å². The summed E-state index contributed by atoms with van der Waals surface area (Å²) in [5.41, 5.74) is 1.34. The lowest BCUT2D eigenvalue weighted by atomic mass is 9.98. The first-order valence-electron chi connectivity index (χ1n) is 5.05. The molecular formula is C11H10N2O2. The summed E-state index contributed by atoms with van der Waals surface area (Å²) in [6, 6.07) is 5.52. The molecule has 15 heavy (non-hydrogen) atoms. The van der Waals surface area contributed by atoms with Crippen molar-refractivity contribution < 1.29 is 9.47 Å². The minimum Gasteiger partial charge on any atom is -0.463 e. The molecule has 3 rings (SSSR count). The van der Waals surface area contributed by atoms with Crippen molar-refractivity contribution in [2.45, 2.75) is 19.1 Å². The summed E-state index contributed by atoms with van der Waals surface area (Å²) in [4.78, 5) is 4.25. The Morgan fingerprint density at radius 2 is 2.40 bits per heavy atom. The van der Waals surface area contributed by atoms with Crippen molar-refractivity contribution in [2.24, 2.45) is 5.92 Å². The third kappa shape index (κ3) is 1.36. The summed E-state index contributed by atoms with van der Waals surface area (Å²) in [7, 11) is 0. The molecule has 0 aromatic carbocycles. The smallest absolute Gasteiger partial charge is 0.203 e. The zero-order chi connectivity index (χ0) is 10.3. The molecule has 4 heteroatoms. The number of rotatable bonds is 0. The van der Waals surface area contributed by atoms with E-state index in [2.05, 4.69) is 4.98 Å². The van der Waals surface area contributed by atoms with Crippen molar-refractivity contribution in [3.05, 3.63) is 23.5 Å². The number of nitriles is 1. The van der Waals surface area contributed by atoms with Gasteiger partial charge in [0, 0.05) is 12.3 Å². The average Bonchev–Trinajstić information content (AvgIpc) is 2.72. The van der Waals surface area contributed by atoms with Crippen molar-refractivity contribution in [3.63, 3.8) is 0 Å². The standard InChI is InChI=1S/C11H10N2O2/c12-6-8-1-2-10-9(13-8)5-7-3-4-14-11(7)15-10/h1-2,7,11H,3-5H2/t7-,11+/m1/s1. The molecule has 76 valence electrons. The molecule has 0 N–H and O–H groups in total. The molecule has 2 aliphatic heterocycles. The van der Waals surface area contributed by atoms with Gasteiger partial charge in [-0.05, 0) is 18.6 Å². The van der Waals surface area contributed by atoms with Crippen LogP contribution in [0.3, 0.4) is 0 Å². The number of nitrogens with zero attached hydrogens (tertiary/aromatic N) is 2. The zero-order valence-corrected chi connectivity index (χ0v) is 8.14. The largest absolute Gasteiger partial charge is 0.463 e. The Kier molecular flexibility index (Phi) is 1.86. The van der Waals surface area contributed by atoms with Gasteiger partial charge in [-0.3, -0.25) is 0 Å². The van der Waals surface area contributed by atoms with E-state index in [1.807, 2.05) is 6.07 Å². The highest BCUT2D eigenvalue weighted by Crippen LogP contribution is 2.35. The molecule has 0 saturated carbocycles. The maximum Gasteiger partial charge on any atom is 0.203 e. The maximum absolute atomic E-state index is 8.75. The number of aromatic nitrogens is 1. The molecule has 0 amide bonds. The minimum absolute atomic E-state index is 0.104. The summed E-state index contributed by atoms with van der Waals surface area (Å²) >= 11 is 0. The van der Waals surface area contributed by atoms with Crippen molar-refractivity contribution in [1.29, 1.82) is 5.26 Å². The van der Waals surface area contributed by atoms with E-state index >= 15 is 0 Å². The van der Waals surface area contributed by atoms with Gasteiger partial charge in [0.15, 0.2) is 0 Å². The lowest BCUT2D eigenvalue weighted by molar-refractivity contribution is -0.0705. The lowest BCUT2D eigenvalue weighted by Crippen LogP contribution is -2.30. The highest BCUT2D eigenvalue weighted by atomic mass is 16.7. The van der Waals surface area contributed by atoms with Crippen LogP contribution in [-0.2, 0) is 11.2 Å². The predicted octanol–water partition coefficient (Wildman–Crippen LogP) is 1.25. The van der Waals surface area contributed by atoms with Gasteiger partial charge in [-0.1, -0.05) is 0 Å². The van der Waals surface area contributed by atoms with Gasteiger partial charge in [-0.15, -0.1) is 0 Å². The highest BCUT2D eigenvalue weighted by Gasteiger charge is 2.35. The van der Waals surface area contributed by atoms with E-state index in [9.17, 15) is 0 Å². The number of hydrogen-bond acceptors (Lipinski definition) is 4. The minimum atomic E-state index is -0.104. The molecule has 1 aromatic heterocycles. The predicted molar refractivity (Wildman–Crippen MR) is 51.1 cm³/mol. The second-order valence-electron chi connectivity index (χ2n) is 3.86. The fraction of sp³-hybridized carbons (Fsp3) is 0.455. The number of hydrogen-bond donors (Lipinski definition) is 0. The zero-order valence-electron chi connectivity index (χ0n) is 8.14. The van der Waals surface area contributed by atoms with Crippen LogP contribution in [0.15, 0.2) is 12.1 Å². The molecule has 0 bridgehead atoms. The second kappa shape index (κ2) is 3.21. The fourth-order valence-corrected chi connectivity index (χ4v) is 2.11. The topological polar surface area (TPSA) is 55.1 Å². The van der Waals surface area contributed by atoms with Crippen LogP contribution in [0.25, 0.3) is 0 Å². The van der Waals surface area contributed by atoms with Crippen LogP contribution in [0.2, 0.25) is 0 Å². The van der Waals surface area contributed by atoms with Crippen LogP contribution in [0.4, 0.5) is 0 Å². The molecule has 4 nitrogen and oxygen atoms in total. The van der Waals surface area contributed by atoms with Gasteiger partial charge in [-0.25, -0.2) is 4.98 Å². The van der Waals surface area contributed by atoms with Gasteiger partial charge in [-0.2, -0.15) is 5.26 Å². The SMILES string of the molecule is N#Cc1ccc2c(n1)C[C@H]1CCO[C@H]1O2. The molecule has 2 aliphatic rings. The van der Waals surface area contributed by atoms with Gasteiger partial charge in [0.2, 0.25) is 6.29 Å². The molecule has 0 unspecified atom stereocenters. The van der Waals surface area contributed by atoms with Crippen LogP contribution in [0.1, 0.15) is 17.8 Å². The third-order valence-electron chi connectivity index (χ3n) is 2.90. The summed E-state index contributed by atoms with van der Waals surface area (Å²) in [5, 5.41) is 8.75. The van der Waals surface area contributed by atoms with E-state index in [4.69, 9.17) is 14.7 Å². The Bertz CT molecular complexity index is 439. The Labute approximate surface area is 87.4 Å². The molecule has 0 spiro atoms. The van der Waals surface area contributed by atoms with Crippen LogP contribution in [0.5, 0.6) is 5.75 Å². The van der Waals surface area contributed by atoms with Gasteiger partial charge >= 0.3 is 0 Å². The van der Waals surface area contributed by atoms with Crippen LogP contribution in [-0.4, -0.2) is 17.9 Å². The summed E-state index contributed by atoms with van der Waals surface area (Å²) < 4.78 is 11.1. The molecular weight excluding hydrogens is 192 g/mol. The molecule has 0 aliphatic carbocycles. The normalized spacial score (nSPS) is 27.4. The highest BCUT2D eigenvalue weighted by molar-refractivity contribution is 5.35. The van der Waals surface area contributed by atoms with Crippen molar-refractivity contribution in [3.8, 4) is 11.8 Å². The molecule has 0 radical (unpaired) electrons. The number of fused-ring (bicyclic) bond motifs is 2. The molecule has 1 saturated heterocycles. The molecule has 3 heterocycles.